The molecular formula is C67H52N2. The molecule has 2 nitrogen and oxygen atoms in total. The van der Waals surface area contributed by atoms with Crippen LogP contribution in [0, 0.1) is 0 Å². The monoisotopic (exact) mass is 884 g/mol. The van der Waals surface area contributed by atoms with E-state index in [0.29, 0.717) is 0 Å². The highest BCUT2D eigenvalue weighted by atomic mass is 15.1. The summed E-state index contributed by atoms with van der Waals surface area (Å²) in [5.41, 5.74) is 23.4. The average Bonchev–Trinajstić information content (AvgIpc) is 3.64. The third-order valence-corrected chi connectivity index (χ3v) is 13.8. The molecule has 69 heavy (non-hydrogen) atoms. The molecule has 0 atom stereocenters. The Morgan fingerprint density at radius 1 is 0.290 bits per heavy atom. The topological polar surface area (TPSA) is 6.48 Å². The molecule has 0 saturated carbocycles. The molecule has 0 amide bonds. The molecule has 330 valence electrons. The van der Waals surface area contributed by atoms with E-state index < -0.39 is 0 Å². The molecule has 0 radical (unpaired) electrons. The molecule has 0 unspecified atom stereocenters. The molecule has 2 heteroatoms. The van der Waals surface area contributed by atoms with Gasteiger partial charge in [0.2, 0.25) is 0 Å². The Morgan fingerprint density at radius 3 is 0.942 bits per heavy atom. The number of rotatable bonds is 12. The van der Waals surface area contributed by atoms with Crippen LogP contribution in [0.5, 0.6) is 0 Å². The van der Waals surface area contributed by atoms with Gasteiger partial charge in [0, 0.05) is 39.5 Å². The van der Waals surface area contributed by atoms with Gasteiger partial charge in [0.15, 0.2) is 0 Å². The lowest BCUT2D eigenvalue weighted by molar-refractivity contribution is 0.660. The van der Waals surface area contributed by atoms with Gasteiger partial charge in [-0.15, -0.1) is 0 Å². The van der Waals surface area contributed by atoms with Gasteiger partial charge in [0.1, 0.15) is 0 Å². The van der Waals surface area contributed by atoms with Crippen LogP contribution in [-0.2, 0) is 5.41 Å². The molecule has 10 aromatic rings. The van der Waals surface area contributed by atoms with Crippen LogP contribution in [-0.4, -0.2) is 0 Å². The highest BCUT2D eigenvalue weighted by molar-refractivity contribution is 5.89. The van der Waals surface area contributed by atoms with Crippen LogP contribution in [0.1, 0.15) is 36.1 Å². The van der Waals surface area contributed by atoms with Crippen LogP contribution in [0.3, 0.4) is 0 Å². The van der Waals surface area contributed by atoms with E-state index in [0.717, 1.165) is 45.3 Å². The van der Waals surface area contributed by atoms with Crippen LogP contribution in [0.2, 0.25) is 0 Å². The zero-order valence-corrected chi connectivity index (χ0v) is 39.1. The highest BCUT2D eigenvalue weighted by Gasteiger charge is 2.37. The largest absolute Gasteiger partial charge is 0.310 e. The standard InChI is InChI=1S/C67H52N2/c1-5-47-15-13-17-55(43-47)53-27-23-49(24-28-53)51-31-35-59(36-32-51)68(57-19-9-7-10-20-57)61-39-41-63-64-42-40-62(46-66(64)67(3,4)65(63)45-61)69(58-21-11-8-12-22-58)60-37-33-52(34-38-60)50-25-29-54(30-26-50)56-18-14-16-48(6-2)44-56/h5-46H,1-2H2,3-4H3. The number of fused-ring (bicyclic) bond motifs is 3. The second-order valence-electron chi connectivity index (χ2n) is 18.3. The normalized spacial score (nSPS) is 12.1. The van der Waals surface area contributed by atoms with Gasteiger partial charge in [0.05, 0.1) is 0 Å². The van der Waals surface area contributed by atoms with Crippen molar-refractivity contribution in [1.29, 1.82) is 0 Å². The Labute approximate surface area is 407 Å². The van der Waals surface area contributed by atoms with E-state index in [4.69, 9.17) is 0 Å². The fourth-order valence-corrected chi connectivity index (χ4v) is 10.0. The third-order valence-electron chi connectivity index (χ3n) is 13.8. The number of hydrogen-bond acceptors (Lipinski definition) is 2. The van der Waals surface area contributed by atoms with Crippen LogP contribution in [0.15, 0.2) is 256 Å². The molecule has 0 saturated heterocycles. The first-order valence-electron chi connectivity index (χ1n) is 23.7. The molecule has 0 fully saturated rings. The summed E-state index contributed by atoms with van der Waals surface area (Å²) in [6.45, 7) is 12.6. The SMILES string of the molecule is C=Cc1cccc(-c2ccc(-c3ccc(N(c4ccccc4)c4ccc5c(c4)C(C)(C)c4cc(N(c6ccccc6)c6ccc(-c7ccc(-c8cccc(C=C)c8)cc7)cc6)ccc4-5)cc3)cc2)c1. The molecule has 0 N–H and O–H groups in total. The van der Waals surface area contributed by atoms with Crippen molar-refractivity contribution >= 4 is 46.3 Å². The van der Waals surface area contributed by atoms with Crippen molar-refractivity contribution in [3.05, 3.63) is 278 Å². The van der Waals surface area contributed by atoms with Gasteiger partial charge in [-0.05, 0) is 163 Å². The van der Waals surface area contributed by atoms with Gasteiger partial charge < -0.3 is 9.80 Å². The number of anilines is 6. The fourth-order valence-electron chi connectivity index (χ4n) is 10.0. The predicted octanol–water partition coefficient (Wildman–Crippen LogP) is 18.9. The van der Waals surface area contributed by atoms with Gasteiger partial charge in [-0.25, -0.2) is 0 Å². The summed E-state index contributed by atoms with van der Waals surface area (Å²) in [5, 5.41) is 0. The summed E-state index contributed by atoms with van der Waals surface area (Å²) >= 11 is 0. The molecule has 0 heterocycles. The zero-order valence-electron chi connectivity index (χ0n) is 39.1. The van der Waals surface area contributed by atoms with E-state index in [1.54, 1.807) is 0 Å². The summed E-state index contributed by atoms with van der Waals surface area (Å²) in [6, 6.07) is 88.0. The van der Waals surface area contributed by atoms with Crippen molar-refractivity contribution in [3.63, 3.8) is 0 Å². The summed E-state index contributed by atoms with van der Waals surface area (Å²) in [5.74, 6) is 0. The van der Waals surface area contributed by atoms with Crippen LogP contribution < -0.4 is 9.80 Å². The molecule has 0 aromatic heterocycles. The van der Waals surface area contributed by atoms with Gasteiger partial charge in [0.25, 0.3) is 0 Å². The maximum Gasteiger partial charge on any atom is 0.0465 e. The van der Waals surface area contributed by atoms with Crippen molar-refractivity contribution in [2.75, 3.05) is 9.80 Å². The highest BCUT2D eigenvalue weighted by Crippen LogP contribution is 2.52. The molecule has 0 spiro atoms. The molecule has 10 aromatic carbocycles. The second-order valence-corrected chi connectivity index (χ2v) is 18.3. The molecule has 0 aliphatic heterocycles. The van der Waals surface area contributed by atoms with Gasteiger partial charge in [-0.2, -0.15) is 0 Å². The van der Waals surface area contributed by atoms with E-state index in [9.17, 15) is 0 Å². The van der Waals surface area contributed by atoms with Gasteiger partial charge >= 0.3 is 0 Å². The van der Waals surface area contributed by atoms with E-state index in [1.165, 1.54) is 66.8 Å². The van der Waals surface area contributed by atoms with Crippen molar-refractivity contribution in [3.8, 4) is 55.6 Å². The first kappa shape index (κ1) is 42.9. The summed E-state index contributed by atoms with van der Waals surface area (Å²) < 4.78 is 0. The van der Waals surface area contributed by atoms with E-state index in [2.05, 4.69) is 279 Å². The Kier molecular flexibility index (Phi) is 11.3. The molecule has 1 aliphatic carbocycles. The van der Waals surface area contributed by atoms with Crippen molar-refractivity contribution in [1.82, 2.24) is 0 Å². The van der Waals surface area contributed by atoms with E-state index >= 15 is 0 Å². The Balaban J connectivity index is 0.890. The Hall–Kier alpha value is -8.72. The lowest BCUT2D eigenvalue weighted by Gasteiger charge is -2.29. The summed E-state index contributed by atoms with van der Waals surface area (Å²) in [7, 11) is 0. The van der Waals surface area contributed by atoms with Crippen LogP contribution >= 0.6 is 0 Å². The van der Waals surface area contributed by atoms with Crippen LogP contribution in [0.4, 0.5) is 34.1 Å². The van der Waals surface area contributed by atoms with Gasteiger partial charge in [-0.1, -0.05) is 197 Å². The lowest BCUT2D eigenvalue weighted by atomic mass is 9.82. The van der Waals surface area contributed by atoms with Gasteiger partial charge in [-0.3, -0.25) is 0 Å². The number of para-hydroxylation sites is 2. The minimum atomic E-state index is -0.257. The zero-order chi connectivity index (χ0) is 46.9. The smallest absolute Gasteiger partial charge is 0.0465 e. The number of hydrogen-bond donors (Lipinski definition) is 0. The van der Waals surface area contributed by atoms with E-state index in [-0.39, 0.29) is 5.41 Å². The summed E-state index contributed by atoms with van der Waals surface area (Å²) in [4.78, 5) is 4.75. The maximum atomic E-state index is 3.94. The number of benzene rings is 10. The quantitative estimate of drug-likeness (QED) is 0.121. The second kappa shape index (κ2) is 18.2. The molecule has 11 rings (SSSR count). The van der Waals surface area contributed by atoms with Crippen molar-refractivity contribution in [2.45, 2.75) is 19.3 Å². The van der Waals surface area contributed by atoms with E-state index in [1.807, 2.05) is 12.2 Å². The summed E-state index contributed by atoms with van der Waals surface area (Å²) in [6.07, 6.45) is 3.79. The predicted molar refractivity (Wildman–Crippen MR) is 295 cm³/mol. The molecule has 1 aliphatic rings. The average molecular weight is 885 g/mol. The number of nitrogens with zero attached hydrogens (tertiary/aromatic N) is 2. The molecule has 0 bridgehead atoms. The lowest BCUT2D eigenvalue weighted by Crippen LogP contribution is -2.17. The fraction of sp³-hybridized carbons (Fsp3) is 0.0448. The van der Waals surface area contributed by atoms with Crippen molar-refractivity contribution in [2.24, 2.45) is 0 Å². The van der Waals surface area contributed by atoms with Crippen molar-refractivity contribution < 1.29 is 0 Å². The third kappa shape index (κ3) is 8.28. The minimum Gasteiger partial charge on any atom is -0.310 e. The Bertz CT molecular complexity index is 3220. The maximum absolute atomic E-state index is 3.94. The first-order chi connectivity index (χ1) is 33.8. The Morgan fingerprint density at radius 2 is 0.594 bits per heavy atom. The van der Waals surface area contributed by atoms with Crippen LogP contribution in [0.25, 0.3) is 67.8 Å². The minimum absolute atomic E-state index is 0.257. The molecular weight excluding hydrogens is 833 g/mol. The first-order valence-corrected chi connectivity index (χ1v) is 23.7.